The van der Waals surface area contributed by atoms with Crippen molar-refractivity contribution in [2.24, 2.45) is 0 Å². The Labute approximate surface area is 116 Å². The number of ketones is 1. The minimum Gasteiger partial charge on any atom is -0.486 e. The van der Waals surface area contributed by atoms with Crippen LogP contribution in [-0.4, -0.2) is 28.5 Å². The largest absolute Gasteiger partial charge is 0.486 e. The van der Waals surface area contributed by atoms with Gasteiger partial charge < -0.3 is 9.47 Å². The van der Waals surface area contributed by atoms with E-state index in [9.17, 15) is 4.79 Å². The van der Waals surface area contributed by atoms with Crippen LogP contribution in [-0.2, 0) is 0 Å². The number of nitrogens with zero attached hydrogens (tertiary/aromatic N) is 2. The summed E-state index contributed by atoms with van der Waals surface area (Å²) >= 11 is 0. The zero-order chi connectivity index (χ0) is 13.8. The van der Waals surface area contributed by atoms with Gasteiger partial charge in [0.05, 0.1) is 0 Å². The fourth-order valence-corrected chi connectivity index (χ4v) is 2.05. The molecule has 0 N–H and O–H groups in total. The Hall–Kier alpha value is -2.43. The monoisotopic (exact) mass is 270 g/mol. The van der Waals surface area contributed by atoms with Gasteiger partial charge in [-0.05, 0) is 24.6 Å². The van der Waals surface area contributed by atoms with E-state index >= 15 is 0 Å². The van der Waals surface area contributed by atoms with Crippen molar-refractivity contribution in [3.05, 3.63) is 48.5 Å². The fraction of sp³-hybridized carbons (Fsp3) is 0.267. The second-order valence-corrected chi connectivity index (χ2v) is 4.53. The van der Waals surface area contributed by atoms with Gasteiger partial charge in [-0.1, -0.05) is 12.1 Å². The molecule has 0 saturated heterocycles. The Bertz CT molecular complexity index is 601. The summed E-state index contributed by atoms with van der Waals surface area (Å²) in [6, 6.07) is 9.22. The van der Waals surface area contributed by atoms with Gasteiger partial charge in [-0.25, -0.2) is 9.97 Å². The number of rotatable bonds is 4. The number of hydrogen-bond acceptors (Lipinski definition) is 5. The molecule has 1 aliphatic rings. The fourth-order valence-electron chi connectivity index (χ4n) is 2.05. The van der Waals surface area contributed by atoms with Crippen LogP contribution in [0.3, 0.4) is 0 Å². The van der Waals surface area contributed by atoms with Crippen LogP contribution in [0.2, 0.25) is 0 Å². The number of ether oxygens (including phenoxy) is 2. The second-order valence-electron chi connectivity index (χ2n) is 4.53. The molecule has 2 heterocycles. The molecule has 0 aliphatic carbocycles. The summed E-state index contributed by atoms with van der Waals surface area (Å²) in [5, 5.41) is 0. The normalized spacial score (nSPS) is 16.7. The molecule has 0 fully saturated rings. The predicted octanol–water partition coefficient (Wildman–Crippen LogP) is 2.28. The topological polar surface area (TPSA) is 61.3 Å². The summed E-state index contributed by atoms with van der Waals surface area (Å²) in [4.78, 5) is 19.8. The van der Waals surface area contributed by atoms with Gasteiger partial charge in [-0.3, -0.25) is 4.79 Å². The molecule has 3 rings (SSSR count). The molecule has 20 heavy (non-hydrogen) atoms. The van der Waals surface area contributed by atoms with Crippen molar-refractivity contribution in [1.82, 2.24) is 9.97 Å². The zero-order valence-electron chi connectivity index (χ0n) is 10.9. The first-order valence-corrected chi connectivity index (χ1v) is 6.51. The maximum Gasteiger partial charge on any atom is 0.200 e. The van der Waals surface area contributed by atoms with Gasteiger partial charge >= 0.3 is 0 Å². The Morgan fingerprint density at radius 1 is 1.15 bits per heavy atom. The van der Waals surface area contributed by atoms with Crippen LogP contribution in [0.4, 0.5) is 0 Å². The van der Waals surface area contributed by atoms with E-state index in [1.54, 1.807) is 18.5 Å². The van der Waals surface area contributed by atoms with Gasteiger partial charge in [-0.15, -0.1) is 0 Å². The highest BCUT2D eigenvalue weighted by molar-refractivity contribution is 5.92. The molecule has 0 radical (unpaired) electrons. The Morgan fingerprint density at radius 2 is 1.90 bits per heavy atom. The molecule has 2 aromatic rings. The highest BCUT2D eigenvalue weighted by atomic mass is 16.6. The highest BCUT2D eigenvalue weighted by Gasteiger charge is 2.22. The summed E-state index contributed by atoms with van der Waals surface area (Å²) < 4.78 is 11.4. The average molecular weight is 270 g/mol. The molecular formula is C15H14N2O3. The molecule has 0 amide bonds. The molecule has 0 bridgehead atoms. The van der Waals surface area contributed by atoms with E-state index < -0.39 is 0 Å². The molecule has 5 heteroatoms. The van der Waals surface area contributed by atoms with Crippen LogP contribution in [0.1, 0.15) is 23.5 Å². The molecule has 5 nitrogen and oxygen atoms in total. The number of hydrogen-bond donors (Lipinski definition) is 0. The van der Waals surface area contributed by atoms with E-state index in [2.05, 4.69) is 9.97 Å². The molecule has 1 atom stereocenters. The van der Waals surface area contributed by atoms with Crippen LogP contribution >= 0.6 is 0 Å². The summed E-state index contributed by atoms with van der Waals surface area (Å²) in [6.45, 7) is 0.458. The first-order valence-electron chi connectivity index (χ1n) is 6.51. The lowest BCUT2D eigenvalue weighted by Crippen LogP contribution is -2.29. The van der Waals surface area contributed by atoms with Crippen molar-refractivity contribution in [2.45, 2.75) is 18.9 Å². The van der Waals surface area contributed by atoms with Crippen molar-refractivity contribution in [2.75, 3.05) is 6.61 Å². The minimum atomic E-state index is -0.113. The summed E-state index contributed by atoms with van der Waals surface area (Å²) in [6.07, 6.45) is 3.96. The van der Waals surface area contributed by atoms with Gasteiger partial charge in [0, 0.05) is 18.8 Å². The van der Waals surface area contributed by atoms with Crippen LogP contribution < -0.4 is 9.47 Å². The number of carbonyl (C=O) groups is 1. The lowest BCUT2D eigenvalue weighted by Gasteiger charge is -2.26. The summed E-state index contributed by atoms with van der Waals surface area (Å²) in [7, 11) is 0. The van der Waals surface area contributed by atoms with Gasteiger partial charge in [0.25, 0.3) is 0 Å². The van der Waals surface area contributed by atoms with Crippen molar-refractivity contribution in [3.8, 4) is 11.5 Å². The molecule has 102 valence electrons. The number of fused-ring (bicyclic) bond motifs is 1. The average Bonchev–Trinajstić information content (AvgIpc) is 2.53. The van der Waals surface area contributed by atoms with E-state index in [1.165, 1.54) is 0 Å². The molecule has 1 aliphatic heterocycles. The number of carbonyl (C=O) groups excluding carboxylic acids is 1. The molecule has 1 unspecified atom stereocenters. The maximum absolute atomic E-state index is 11.9. The van der Waals surface area contributed by atoms with E-state index in [-0.39, 0.29) is 17.7 Å². The van der Waals surface area contributed by atoms with Crippen molar-refractivity contribution in [1.29, 1.82) is 0 Å². The number of Topliss-reactive ketones (excluding diaryl/α,β-unsaturated/α-hetero) is 1. The van der Waals surface area contributed by atoms with Crippen LogP contribution in [0.5, 0.6) is 11.5 Å². The first kappa shape index (κ1) is 12.6. The molecular weight excluding hydrogens is 256 g/mol. The van der Waals surface area contributed by atoms with Gasteiger partial charge in [0.15, 0.2) is 23.1 Å². The van der Waals surface area contributed by atoms with E-state index in [0.29, 0.717) is 19.4 Å². The Morgan fingerprint density at radius 3 is 2.70 bits per heavy atom. The quantitative estimate of drug-likeness (QED) is 0.798. The summed E-state index contributed by atoms with van der Waals surface area (Å²) in [5.74, 6) is 1.66. The molecule has 0 spiro atoms. The van der Waals surface area contributed by atoms with Crippen LogP contribution in [0, 0.1) is 0 Å². The Kier molecular flexibility index (Phi) is 3.58. The van der Waals surface area contributed by atoms with E-state index in [4.69, 9.17) is 9.47 Å². The predicted molar refractivity (Wildman–Crippen MR) is 71.9 cm³/mol. The molecule has 1 aromatic carbocycles. The SMILES string of the molecule is O=C(CCC1COc2ccccc2O1)c1ncccn1. The molecule has 1 aromatic heterocycles. The van der Waals surface area contributed by atoms with E-state index in [0.717, 1.165) is 11.5 Å². The van der Waals surface area contributed by atoms with Crippen LogP contribution in [0.15, 0.2) is 42.7 Å². The third-order valence-electron chi connectivity index (χ3n) is 3.08. The molecule has 0 saturated carbocycles. The first-order chi connectivity index (χ1) is 9.83. The number of benzene rings is 1. The highest BCUT2D eigenvalue weighted by Crippen LogP contribution is 2.31. The zero-order valence-corrected chi connectivity index (χ0v) is 10.9. The van der Waals surface area contributed by atoms with Crippen molar-refractivity contribution >= 4 is 5.78 Å². The number of para-hydroxylation sites is 2. The lowest BCUT2D eigenvalue weighted by molar-refractivity contribution is 0.0760. The van der Waals surface area contributed by atoms with Crippen molar-refractivity contribution in [3.63, 3.8) is 0 Å². The lowest BCUT2D eigenvalue weighted by atomic mass is 10.1. The van der Waals surface area contributed by atoms with Crippen molar-refractivity contribution < 1.29 is 14.3 Å². The third-order valence-corrected chi connectivity index (χ3v) is 3.08. The second kappa shape index (κ2) is 5.69. The standard InChI is InChI=1S/C15H14N2O3/c18-12(15-16-8-3-9-17-15)7-6-11-10-19-13-4-1-2-5-14(13)20-11/h1-5,8-9,11H,6-7,10H2. The van der Waals surface area contributed by atoms with Gasteiger partial charge in [0.2, 0.25) is 0 Å². The van der Waals surface area contributed by atoms with Gasteiger partial charge in [0.1, 0.15) is 12.7 Å². The number of aromatic nitrogens is 2. The third kappa shape index (κ3) is 2.77. The maximum atomic E-state index is 11.9. The smallest absolute Gasteiger partial charge is 0.200 e. The van der Waals surface area contributed by atoms with E-state index in [1.807, 2.05) is 24.3 Å². The summed E-state index contributed by atoms with van der Waals surface area (Å²) in [5.41, 5.74) is 0. The van der Waals surface area contributed by atoms with Gasteiger partial charge in [-0.2, -0.15) is 0 Å². The Balaban J connectivity index is 1.57. The minimum absolute atomic E-state index is 0.0759. The van der Waals surface area contributed by atoms with Crippen LogP contribution in [0.25, 0.3) is 0 Å².